The molecule has 1 aliphatic carbocycles. The average Bonchev–Trinajstić information content (AvgIpc) is 3.10. The average molecular weight is 447 g/mol. The van der Waals surface area contributed by atoms with Crippen LogP contribution in [0.4, 0.5) is 0 Å². The Hall–Kier alpha value is -1.45. The van der Waals surface area contributed by atoms with E-state index in [0.717, 1.165) is 0 Å². The third-order valence-corrected chi connectivity index (χ3v) is 7.52. The summed E-state index contributed by atoms with van der Waals surface area (Å²) in [5.41, 5.74) is -0.0778. The van der Waals surface area contributed by atoms with E-state index >= 15 is 0 Å². The van der Waals surface area contributed by atoms with E-state index in [2.05, 4.69) is 0 Å². The van der Waals surface area contributed by atoms with Crippen molar-refractivity contribution in [2.45, 2.75) is 36.4 Å². The molecule has 1 saturated heterocycles. The van der Waals surface area contributed by atoms with Gasteiger partial charge in [0.2, 0.25) is 0 Å². The van der Waals surface area contributed by atoms with Crippen molar-refractivity contribution in [1.29, 1.82) is 0 Å². The number of allylic oxidation sites excluding steroid dienone is 2. The van der Waals surface area contributed by atoms with Crippen molar-refractivity contribution in [3.05, 3.63) is 39.1 Å². The molecule has 4 rings (SSSR count). The molecule has 0 aromatic heterocycles. The molecule has 1 aromatic carbocycles. The van der Waals surface area contributed by atoms with E-state index in [1.165, 1.54) is 12.1 Å². The molecule has 0 amide bonds. The van der Waals surface area contributed by atoms with Crippen LogP contribution in [-0.4, -0.2) is 39.1 Å². The number of esters is 1. The van der Waals surface area contributed by atoms with Crippen molar-refractivity contribution < 1.29 is 32.2 Å². The maximum atomic E-state index is 12.7. The lowest BCUT2D eigenvalue weighted by Crippen LogP contribution is -2.37. The van der Waals surface area contributed by atoms with Gasteiger partial charge >= 0.3 is 5.97 Å². The number of carbonyl (C=O) groups excluding carboxylic acids is 2. The summed E-state index contributed by atoms with van der Waals surface area (Å²) < 4.78 is 41.9. The van der Waals surface area contributed by atoms with Gasteiger partial charge in [0, 0.05) is 25.3 Å². The SMILES string of the molecule is O=C1C=C(OC(=O)c2cc(Cl)c3c(c2Cl)C2(CCS3(=O)=O)OCCO2)CCC1. The van der Waals surface area contributed by atoms with Crippen LogP contribution in [0.15, 0.2) is 22.8 Å². The second-order valence-electron chi connectivity index (χ2n) is 6.76. The monoisotopic (exact) mass is 446 g/mol. The summed E-state index contributed by atoms with van der Waals surface area (Å²) >= 11 is 12.7. The van der Waals surface area contributed by atoms with Crippen LogP contribution in [0.5, 0.6) is 0 Å². The minimum atomic E-state index is -3.72. The van der Waals surface area contributed by atoms with Crippen molar-refractivity contribution in [3.63, 3.8) is 0 Å². The number of rotatable bonds is 2. The highest BCUT2D eigenvalue weighted by Crippen LogP contribution is 2.49. The fourth-order valence-corrected chi connectivity index (χ4v) is 6.31. The van der Waals surface area contributed by atoms with Gasteiger partial charge in [-0.2, -0.15) is 0 Å². The van der Waals surface area contributed by atoms with Gasteiger partial charge in [-0.1, -0.05) is 23.2 Å². The van der Waals surface area contributed by atoms with Gasteiger partial charge in [-0.3, -0.25) is 4.79 Å². The summed E-state index contributed by atoms with van der Waals surface area (Å²) in [6.45, 7) is 0.522. The number of fused-ring (bicyclic) bond motifs is 2. The van der Waals surface area contributed by atoms with Gasteiger partial charge in [0.25, 0.3) is 0 Å². The van der Waals surface area contributed by atoms with Crippen molar-refractivity contribution >= 4 is 44.8 Å². The molecule has 1 fully saturated rings. The fourth-order valence-electron chi connectivity index (χ4n) is 3.66. The second kappa shape index (κ2) is 7.11. The van der Waals surface area contributed by atoms with E-state index in [4.69, 9.17) is 37.4 Å². The van der Waals surface area contributed by atoms with E-state index < -0.39 is 21.6 Å². The van der Waals surface area contributed by atoms with Crippen LogP contribution in [0.3, 0.4) is 0 Å². The number of sulfone groups is 1. The minimum Gasteiger partial charge on any atom is -0.427 e. The maximum absolute atomic E-state index is 12.7. The van der Waals surface area contributed by atoms with Crippen LogP contribution < -0.4 is 0 Å². The number of carbonyl (C=O) groups is 2. The van der Waals surface area contributed by atoms with Gasteiger partial charge < -0.3 is 14.2 Å². The van der Waals surface area contributed by atoms with Crippen molar-refractivity contribution in [1.82, 2.24) is 0 Å². The predicted molar refractivity (Wildman–Crippen MR) is 99.1 cm³/mol. The Balaban J connectivity index is 1.82. The first-order valence-electron chi connectivity index (χ1n) is 8.72. The Kier molecular flexibility index (Phi) is 5.04. The molecule has 0 N–H and O–H groups in total. The molecule has 0 saturated carbocycles. The Bertz CT molecular complexity index is 1010. The molecule has 28 heavy (non-hydrogen) atoms. The molecule has 10 heteroatoms. The van der Waals surface area contributed by atoms with Crippen LogP contribution >= 0.6 is 23.2 Å². The Morgan fingerprint density at radius 1 is 1.18 bits per heavy atom. The van der Waals surface area contributed by atoms with E-state index in [9.17, 15) is 18.0 Å². The second-order valence-corrected chi connectivity index (χ2v) is 9.59. The number of ether oxygens (including phenoxy) is 3. The standard InChI is InChI=1S/C18H16Cl2O7S/c19-13-9-12(17(22)27-11-3-1-2-10(21)8-11)15(20)14-16(13)28(23,24)7-4-18(14)25-5-6-26-18/h8-9H,1-7H2. The largest absolute Gasteiger partial charge is 0.427 e. The zero-order chi connectivity index (χ0) is 20.1. The lowest BCUT2D eigenvalue weighted by molar-refractivity contribution is -0.170. The van der Waals surface area contributed by atoms with E-state index in [1.807, 2.05) is 0 Å². The highest BCUT2D eigenvalue weighted by molar-refractivity contribution is 7.91. The molecule has 2 aliphatic heterocycles. The molecule has 3 aliphatic rings. The predicted octanol–water partition coefficient (Wildman–Crippen LogP) is 3.16. The highest BCUT2D eigenvalue weighted by atomic mass is 35.5. The van der Waals surface area contributed by atoms with Crippen LogP contribution in [0.2, 0.25) is 10.0 Å². The summed E-state index contributed by atoms with van der Waals surface area (Å²) in [6.07, 6.45) is 2.75. The van der Waals surface area contributed by atoms with Gasteiger partial charge in [0.15, 0.2) is 21.4 Å². The van der Waals surface area contributed by atoms with Gasteiger partial charge in [0.05, 0.1) is 45.0 Å². The smallest absolute Gasteiger partial charge is 0.344 e. The number of ketones is 1. The highest BCUT2D eigenvalue weighted by Gasteiger charge is 2.50. The third kappa shape index (κ3) is 3.27. The molecule has 1 spiro atoms. The van der Waals surface area contributed by atoms with Gasteiger partial charge in [0.1, 0.15) is 5.76 Å². The van der Waals surface area contributed by atoms with Gasteiger partial charge in [-0.05, 0) is 12.5 Å². The number of halogens is 2. The van der Waals surface area contributed by atoms with Crippen LogP contribution in [-0.2, 0) is 34.6 Å². The van der Waals surface area contributed by atoms with Crippen molar-refractivity contribution in [2.24, 2.45) is 0 Å². The van der Waals surface area contributed by atoms with Crippen LogP contribution in [0.1, 0.15) is 41.6 Å². The molecule has 0 atom stereocenters. The molecule has 7 nitrogen and oxygen atoms in total. The molecule has 150 valence electrons. The number of hydrogen-bond donors (Lipinski definition) is 0. The normalized spacial score (nSPS) is 22.6. The van der Waals surface area contributed by atoms with Crippen LogP contribution in [0.25, 0.3) is 0 Å². The quantitative estimate of drug-likeness (QED) is 0.643. The molecule has 0 bridgehead atoms. The fraction of sp³-hybridized carbons (Fsp3) is 0.444. The Morgan fingerprint density at radius 2 is 1.89 bits per heavy atom. The zero-order valence-corrected chi connectivity index (χ0v) is 17.0. The van der Waals surface area contributed by atoms with Crippen molar-refractivity contribution in [2.75, 3.05) is 19.0 Å². The van der Waals surface area contributed by atoms with Gasteiger partial charge in [-0.25, -0.2) is 13.2 Å². The summed E-state index contributed by atoms with van der Waals surface area (Å²) in [6, 6.07) is 1.17. The molecule has 0 unspecified atom stereocenters. The molecular weight excluding hydrogens is 431 g/mol. The molecular formula is C18H16Cl2O7S. The summed E-state index contributed by atoms with van der Waals surface area (Å²) in [7, 11) is -3.72. The minimum absolute atomic E-state index is 0.0334. The molecule has 2 heterocycles. The van der Waals surface area contributed by atoms with E-state index in [1.54, 1.807) is 0 Å². The lowest BCUT2D eigenvalue weighted by Gasteiger charge is -2.35. The third-order valence-electron chi connectivity index (χ3n) is 4.93. The van der Waals surface area contributed by atoms with Gasteiger partial charge in [-0.15, -0.1) is 0 Å². The maximum Gasteiger partial charge on any atom is 0.344 e. The van der Waals surface area contributed by atoms with Crippen molar-refractivity contribution in [3.8, 4) is 0 Å². The molecule has 0 radical (unpaired) electrons. The Morgan fingerprint density at radius 3 is 2.57 bits per heavy atom. The summed E-state index contributed by atoms with van der Waals surface area (Å²) in [5, 5.41) is -0.296. The first-order valence-corrected chi connectivity index (χ1v) is 11.1. The zero-order valence-electron chi connectivity index (χ0n) is 14.6. The number of hydrogen-bond acceptors (Lipinski definition) is 7. The Labute approximate surface area is 171 Å². The topological polar surface area (TPSA) is 96.0 Å². The first kappa shape index (κ1) is 19.8. The molecule has 1 aromatic rings. The summed E-state index contributed by atoms with van der Waals surface area (Å²) in [5.74, 6) is -2.29. The lowest BCUT2D eigenvalue weighted by atomic mass is 9.99. The van der Waals surface area contributed by atoms with E-state index in [0.29, 0.717) is 19.3 Å². The number of benzene rings is 1. The van der Waals surface area contributed by atoms with E-state index in [-0.39, 0.29) is 63.0 Å². The summed E-state index contributed by atoms with van der Waals surface area (Å²) in [4.78, 5) is 24.0. The van der Waals surface area contributed by atoms with Crippen LogP contribution in [0, 0.1) is 0 Å². The first-order chi connectivity index (χ1) is 13.2.